The molecule has 0 radical (unpaired) electrons. The number of hydrogen-bond acceptors (Lipinski definition) is 6. The molecule has 0 aliphatic carbocycles. The largest absolute Gasteiger partial charge is 0.342 e. The monoisotopic (exact) mass is 463 g/mol. The summed E-state index contributed by atoms with van der Waals surface area (Å²) >= 11 is 12.4. The van der Waals surface area contributed by atoms with Crippen LogP contribution in [0.2, 0.25) is 10.0 Å². The van der Waals surface area contributed by atoms with Crippen LogP contribution in [0.4, 0.5) is 0 Å². The minimum Gasteiger partial charge on any atom is -0.342 e. The van der Waals surface area contributed by atoms with Gasteiger partial charge in [0.05, 0.1) is 18.0 Å². The van der Waals surface area contributed by atoms with E-state index in [-0.39, 0.29) is 17.5 Å². The topological polar surface area (TPSA) is 86.7 Å². The Morgan fingerprint density at radius 3 is 2.75 bits per heavy atom. The van der Waals surface area contributed by atoms with Crippen molar-refractivity contribution < 1.29 is 9.32 Å². The summed E-state index contributed by atoms with van der Waals surface area (Å²) in [5.41, 5.74) is 3.89. The van der Waals surface area contributed by atoms with E-state index in [1.54, 1.807) is 24.4 Å². The van der Waals surface area contributed by atoms with Gasteiger partial charge in [0.25, 0.3) is 11.7 Å². The number of rotatable bonds is 5. The number of benzene rings is 2. The molecule has 0 atom stereocenters. The van der Waals surface area contributed by atoms with Crippen LogP contribution in [-0.4, -0.2) is 30.7 Å². The number of ketones is 1. The van der Waals surface area contributed by atoms with E-state index >= 15 is 0 Å². The van der Waals surface area contributed by atoms with E-state index in [1.165, 1.54) is 12.4 Å². The lowest BCUT2D eigenvalue weighted by Crippen LogP contribution is -2.02. The van der Waals surface area contributed by atoms with E-state index in [1.807, 2.05) is 35.8 Å². The van der Waals surface area contributed by atoms with Gasteiger partial charge in [-0.25, -0.2) is 0 Å². The van der Waals surface area contributed by atoms with Crippen LogP contribution in [0.25, 0.3) is 22.3 Å². The number of aryl methyl sites for hydroxylation is 1. The van der Waals surface area contributed by atoms with Crippen LogP contribution in [0.1, 0.15) is 27.4 Å². The molecule has 0 saturated heterocycles. The van der Waals surface area contributed by atoms with E-state index in [0.717, 1.165) is 22.0 Å². The molecule has 0 aliphatic rings. The molecule has 158 valence electrons. The lowest BCUT2D eigenvalue weighted by atomic mass is 10.1. The Morgan fingerprint density at radius 1 is 1.09 bits per heavy atom. The van der Waals surface area contributed by atoms with Crippen molar-refractivity contribution in [3.8, 4) is 11.4 Å². The number of carbonyl (C=O) groups excluding carboxylic acids is 1. The Balaban J connectivity index is 1.56. The van der Waals surface area contributed by atoms with E-state index in [4.69, 9.17) is 27.7 Å². The lowest BCUT2D eigenvalue weighted by molar-refractivity contribution is 0.0995. The minimum atomic E-state index is -0.359. The van der Waals surface area contributed by atoms with Gasteiger partial charge in [0.15, 0.2) is 0 Å². The average molecular weight is 464 g/mol. The first kappa shape index (κ1) is 20.4. The van der Waals surface area contributed by atoms with Gasteiger partial charge in [-0.05, 0) is 42.8 Å². The molecule has 7 nitrogen and oxygen atoms in total. The maximum atomic E-state index is 13.3. The highest BCUT2D eigenvalue weighted by molar-refractivity contribution is 6.35. The van der Waals surface area contributed by atoms with Crippen LogP contribution in [0.5, 0.6) is 0 Å². The summed E-state index contributed by atoms with van der Waals surface area (Å²) in [5.74, 6) is -0.180. The van der Waals surface area contributed by atoms with Gasteiger partial charge in [0, 0.05) is 39.3 Å². The number of halogens is 2. The lowest BCUT2D eigenvalue weighted by Gasteiger charge is -2.08. The van der Waals surface area contributed by atoms with Gasteiger partial charge >= 0.3 is 0 Å². The van der Waals surface area contributed by atoms with Crippen molar-refractivity contribution in [2.75, 3.05) is 0 Å². The highest BCUT2D eigenvalue weighted by Gasteiger charge is 2.23. The number of fused-ring (bicyclic) bond motifs is 1. The third kappa shape index (κ3) is 3.77. The molecule has 0 amide bonds. The van der Waals surface area contributed by atoms with E-state index in [9.17, 15) is 4.79 Å². The first-order valence-corrected chi connectivity index (χ1v) is 10.4. The summed E-state index contributed by atoms with van der Waals surface area (Å²) < 4.78 is 7.24. The quantitative estimate of drug-likeness (QED) is 0.325. The summed E-state index contributed by atoms with van der Waals surface area (Å²) in [6, 6.07) is 13.0. The maximum Gasteiger partial charge on any atom is 0.299 e. The van der Waals surface area contributed by atoms with Crippen molar-refractivity contribution in [3.63, 3.8) is 0 Å². The van der Waals surface area contributed by atoms with Crippen LogP contribution in [0, 0.1) is 6.92 Å². The molecule has 5 aromatic rings. The number of hydrogen-bond donors (Lipinski definition) is 0. The van der Waals surface area contributed by atoms with Crippen LogP contribution >= 0.6 is 23.2 Å². The SMILES string of the molecule is Cc1ccc2c(c1)c(C(=O)c1nc(-c3ccnnc3)no1)cn2Cc1ccc(Cl)cc1Cl. The third-order valence-corrected chi connectivity index (χ3v) is 5.69. The summed E-state index contributed by atoms with van der Waals surface area (Å²) in [7, 11) is 0. The van der Waals surface area contributed by atoms with E-state index in [0.29, 0.717) is 27.7 Å². The van der Waals surface area contributed by atoms with Crippen molar-refractivity contribution in [2.45, 2.75) is 13.5 Å². The predicted octanol–water partition coefficient (Wildman–Crippen LogP) is 5.38. The molecule has 0 fully saturated rings. The van der Waals surface area contributed by atoms with Crippen LogP contribution in [-0.2, 0) is 6.54 Å². The van der Waals surface area contributed by atoms with Gasteiger partial charge in [0.1, 0.15) is 0 Å². The Kier molecular flexibility index (Phi) is 5.20. The number of aromatic nitrogens is 5. The molecule has 9 heteroatoms. The zero-order chi connectivity index (χ0) is 22.2. The average Bonchev–Trinajstić information content (AvgIpc) is 3.41. The zero-order valence-corrected chi connectivity index (χ0v) is 18.3. The fourth-order valence-electron chi connectivity index (χ4n) is 3.53. The van der Waals surface area contributed by atoms with Gasteiger partial charge in [0.2, 0.25) is 5.82 Å². The molecule has 0 spiro atoms. The smallest absolute Gasteiger partial charge is 0.299 e. The van der Waals surface area contributed by atoms with Crippen LogP contribution in [0.3, 0.4) is 0 Å². The summed E-state index contributed by atoms with van der Waals surface area (Å²) in [4.78, 5) is 17.6. The van der Waals surface area contributed by atoms with Crippen LogP contribution in [0.15, 0.2) is 65.6 Å². The fraction of sp³-hybridized carbons (Fsp3) is 0.0870. The van der Waals surface area contributed by atoms with Gasteiger partial charge in [-0.1, -0.05) is 46.1 Å². The van der Waals surface area contributed by atoms with Gasteiger partial charge in [-0.3, -0.25) is 4.79 Å². The standard InChI is InChI=1S/C23H15Cl2N5O2/c1-13-2-5-20-17(8-13)18(12-30(20)11-15-3-4-16(24)9-19(15)25)21(31)23-28-22(29-32-23)14-6-7-26-27-10-14/h2-10,12H,11H2,1H3. The van der Waals surface area contributed by atoms with Crippen molar-refractivity contribution in [1.29, 1.82) is 0 Å². The van der Waals surface area contributed by atoms with Gasteiger partial charge < -0.3 is 9.09 Å². The van der Waals surface area contributed by atoms with E-state index < -0.39 is 0 Å². The molecule has 2 aromatic carbocycles. The Labute approximate surface area is 192 Å². The highest BCUT2D eigenvalue weighted by Crippen LogP contribution is 2.28. The van der Waals surface area contributed by atoms with Crippen molar-refractivity contribution in [1.82, 2.24) is 24.9 Å². The second-order valence-corrected chi connectivity index (χ2v) is 8.15. The van der Waals surface area contributed by atoms with Gasteiger partial charge in [-0.15, -0.1) is 0 Å². The zero-order valence-electron chi connectivity index (χ0n) is 16.8. The molecule has 5 rings (SSSR count). The predicted molar refractivity (Wildman–Crippen MR) is 121 cm³/mol. The maximum absolute atomic E-state index is 13.3. The molecule has 0 aliphatic heterocycles. The molecular weight excluding hydrogens is 449 g/mol. The summed E-state index contributed by atoms with van der Waals surface area (Å²) in [5, 5.41) is 13.4. The molecule has 0 N–H and O–H groups in total. The fourth-order valence-corrected chi connectivity index (χ4v) is 4.00. The molecule has 3 aromatic heterocycles. The van der Waals surface area contributed by atoms with E-state index in [2.05, 4.69) is 20.3 Å². The molecule has 0 unspecified atom stereocenters. The normalized spacial score (nSPS) is 11.2. The number of nitrogens with zero attached hydrogens (tertiary/aromatic N) is 5. The Hall–Kier alpha value is -3.55. The van der Waals surface area contributed by atoms with Crippen molar-refractivity contribution >= 4 is 39.9 Å². The molecule has 0 saturated carbocycles. The first-order valence-electron chi connectivity index (χ1n) is 9.68. The molecule has 32 heavy (non-hydrogen) atoms. The Bertz CT molecular complexity index is 1460. The second kappa shape index (κ2) is 8.18. The van der Waals surface area contributed by atoms with Crippen molar-refractivity contribution in [2.24, 2.45) is 0 Å². The van der Waals surface area contributed by atoms with Crippen molar-refractivity contribution in [3.05, 3.63) is 93.7 Å². The third-order valence-electron chi connectivity index (χ3n) is 5.10. The first-order chi connectivity index (χ1) is 15.5. The summed E-state index contributed by atoms with van der Waals surface area (Å²) in [6.45, 7) is 2.45. The second-order valence-electron chi connectivity index (χ2n) is 7.31. The van der Waals surface area contributed by atoms with Gasteiger partial charge in [-0.2, -0.15) is 15.2 Å². The molecule has 3 heterocycles. The Morgan fingerprint density at radius 2 is 1.97 bits per heavy atom. The number of carbonyl (C=O) groups is 1. The molecule has 0 bridgehead atoms. The highest BCUT2D eigenvalue weighted by atomic mass is 35.5. The molecular formula is C23H15Cl2N5O2. The van der Waals surface area contributed by atoms with Crippen LogP contribution < -0.4 is 0 Å². The minimum absolute atomic E-state index is 0.0955. The summed E-state index contributed by atoms with van der Waals surface area (Å²) in [6.07, 6.45) is 4.81.